The van der Waals surface area contributed by atoms with Gasteiger partial charge in [-0.2, -0.15) is 0 Å². The van der Waals surface area contributed by atoms with Gasteiger partial charge in [-0.3, -0.25) is 4.79 Å². The van der Waals surface area contributed by atoms with E-state index in [4.69, 9.17) is 5.73 Å². The molecular weight excluding hydrogens is 284 g/mol. The lowest BCUT2D eigenvalue weighted by Gasteiger charge is -2.29. The van der Waals surface area contributed by atoms with Crippen molar-refractivity contribution in [2.75, 3.05) is 11.4 Å². The summed E-state index contributed by atoms with van der Waals surface area (Å²) in [4.78, 5) is 21.3. The fourth-order valence-electron chi connectivity index (χ4n) is 2.28. The Morgan fingerprint density at radius 3 is 2.82 bits per heavy atom. The Bertz CT molecular complexity index is 406. The van der Waals surface area contributed by atoms with E-state index in [0.29, 0.717) is 6.04 Å². The number of hydrogen-bond donors (Lipinski definition) is 1. The first kappa shape index (κ1) is 12.3. The average Bonchev–Trinajstić information content (AvgIpc) is 2.80. The largest absolute Gasteiger partial charge is 0.368 e. The fourth-order valence-corrected chi connectivity index (χ4v) is 2.73. The molecule has 0 aromatic carbocycles. The van der Waals surface area contributed by atoms with Crippen LogP contribution in [0, 0.1) is 0 Å². The van der Waals surface area contributed by atoms with Crippen LogP contribution in [0.25, 0.3) is 0 Å². The highest BCUT2D eigenvalue weighted by Gasteiger charge is 2.26. The van der Waals surface area contributed by atoms with Gasteiger partial charge >= 0.3 is 0 Å². The number of amides is 1. The minimum atomic E-state index is -0.331. The Morgan fingerprint density at radius 2 is 2.24 bits per heavy atom. The van der Waals surface area contributed by atoms with E-state index in [0.717, 1.165) is 23.1 Å². The molecule has 0 saturated heterocycles. The van der Waals surface area contributed by atoms with Crippen LogP contribution >= 0.6 is 15.9 Å². The first-order valence-corrected chi connectivity index (χ1v) is 6.48. The first-order chi connectivity index (χ1) is 8.18. The predicted octanol–water partition coefficient (Wildman–Crippen LogP) is 1.47. The quantitative estimate of drug-likeness (QED) is 0.914. The summed E-state index contributed by atoms with van der Waals surface area (Å²) in [5.41, 5.74) is 5.31. The van der Waals surface area contributed by atoms with Gasteiger partial charge in [0, 0.05) is 12.2 Å². The number of hydrogen-bond acceptors (Lipinski definition) is 4. The van der Waals surface area contributed by atoms with Crippen LogP contribution in [0.1, 0.15) is 25.7 Å². The molecule has 1 aromatic heterocycles. The second-order valence-corrected chi connectivity index (χ2v) is 5.08. The second-order valence-electron chi connectivity index (χ2n) is 4.23. The molecule has 1 saturated carbocycles. The number of carbonyl (C=O) groups is 1. The van der Waals surface area contributed by atoms with Crippen LogP contribution in [-0.2, 0) is 4.79 Å². The summed E-state index contributed by atoms with van der Waals surface area (Å²) in [6, 6.07) is 0.355. The van der Waals surface area contributed by atoms with E-state index in [1.54, 1.807) is 6.20 Å². The maximum Gasteiger partial charge on any atom is 0.237 e. The first-order valence-electron chi connectivity index (χ1n) is 5.69. The van der Waals surface area contributed by atoms with Crippen LogP contribution in [0.4, 0.5) is 5.82 Å². The standard InChI is InChI=1S/C11H15BrN4O/c12-9-5-14-7-15-11(9)16(6-10(13)17)8-3-1-2-4-8/h5,7-8H,1-4,6H2,(H2,13,17). The molecule has 2 rings (SSSR count). The number of rotatable bonds is 4. The van der Waals surface area contributed by atoms with E-state index in [2.05, 4.69) is 25.9 Å². The molecule has 2 N–H and O–H groups in total. The molecule has 0 aliphatic heterocycles. The molecule has 17 heavy (non-hydrogen) atoms. The smallest absolute Gasteiger partial charge is 0.237 e. The highest BCUT2D eigenvalue weighted by atomic mass is 79.9. The van der Waals surface area contributed by atoms with Crippen molar-refractivity contribution in [2.24, 2.45) is 5.73 Å². The molecule has 1 amide bonds. The van der Waals surface area contributed by atoms with Crippen LogP contribution in [0.2, 0.25) is 0 Å². The second kappa shape index (κ2) is 5.44. The summed E-state index contributed by atoms with van der Waals surface area (Å²) in [6.45, 7) is 0.209. The van der Waals surface area contributed by atoms with Crippen molar-refractivity contribution in [1.82, 2.24) is 9.97 Å². The highest BCUT2D eigenvalue weighted by Crippen LogP contribution is 2.30. The average molecular weight is 299 g/mol. The van der Waals surface area contributed by atoms with Gasteiger partial charge < -0.3 is 10.6 Å². The number of nitrogens with two attached hydrogens (primary N) is 1. The molecule has 0 spiro atoms. The summed E-state index contributed by atoms with van der Waals surface area (Å²) in [6.07, 6.45) is 7.74. The van der Waals surface area contributed by atoms with Gasteiger partial charge in [-0.1, -0.05) is 12.8 Å². The van der Waals surface area contributed by atoms with E-state index >= 15 is 0 Å². The predicted molar refractivity (Wildman–Crippen MR) is 68.5 cm³/mol. The zero-order valence-corrected chi connectivity index (χ0v) is 11.1. The molecule has 1 aliphatic rings. The number of halogens is 1. The van der Waals surface area contributed by atoms with Gasteiger partial charge in [0.1, 0.15) is 12.1 Å². The van der Waals surface area contributed by atoms with Gasteiger partial charge in [-0.15, -0.1) is 0 Å². The molecule has 1 heterocycles. The third kappa shape index (κ3) is 2.94. The third-order valence-electron chi connectivity index (χ3n) is 3.01. The lowest BCUT2D eigenvalue weighted by molar-refractivity contribution is -0.116. The van der Waals surface area contributed by atoms with Crippen molar-refractivity contribution >= 4 is 27.7 Å². The Kier molecular flexibility index (Phi) is 3.93. The summed E-state index contributed by atoms with van der Waals surface area (Å²) in [5, 5.41) is 0. The van der Waals surface area contributed by atoms with Gasteiger partial charge in [0.05, 0.1) is 11.0 Å². The number of primary amides is 1. The van der Waals surface area contributed by atoms with Crippen molar-refractivity contribution in [3.63, 3.8) is 0 Å². The normalized spacial score (nSPS) is 16.1. The minimum absolute atomic E-state index is 0.209. The molecular formula is C11H15BrN4O. The molecule has 0 radical (unpaired) electrons. The lowest BCUT2D eigenvalue weighted by Crippen LogP contribution is -2.41. The van der Waals surface area contributed by atoms with E-state index < -0.39 is 0 Å². The summed E-state index contributed by atoms with van der Waals surface area (Å²) in [7, 11) is 0. The van der Waals surface area contributed by atoms with Gasteiger partial charge in [0.2, 0.25) is 5.91 Å². The lowest BCUT2D eigenvalue weighted by atomic mass is 10.2. The van der Waals surface area contributed by atoms with E-state index in [1.165, 1.54) is 19.2 Å². The zero-order valence-electron chi connectivity index (χ0n) is 9.47. The number of aromatic nitrogens is 2. The van der Waals surface area contributed by atoms with Crippen LogP contribution < -0.4 is 10.6 Å². The maximum atomic E-state index is 11.2. The summed E-state index contributed by atoms with van der Waals surface area (Å²) >= 11 is 3.42. The molecule has 0 bridgehead atoms. The van der Waals surface area contributed by atoms with Crippen LogP contribution in [0.3, 0.4) is 0 Å². The molecule has 0 atom stereocenters. The fraction of sp³-hybridized carbons (Fsp3) is 0.545. The third-order valence-corrected chi connectivity index (χ3v) is 3.57. The van der Waals surface area contributed by atoms with E-state index in [1.807, 2.05) is 4.90 Å². The Morgan fingerprint density at radius 1 is 1.53 bits per heavy atom. The molecule has 1 fully saturated rings. The van der Waals surface area contributed by atoms with Crippen molar-refractivity contribution < 1.29 is 4.79 Å². The number of nitrogens with zero attached hydrogens (tertiary/aromatic N) is 3. The molecule has 5 nitrogen and oxygen atoms in total. The van der Waals surface area contributed by atoms with Crippen molar-refractivity contribution in [3.05, 3.63) is 17.0 Å². The van der Waals surface area contributed by atoms with E-state index in [-0.39, 0.29) is 12.5 Å². The number of anilines is 1. The minimum Gasteiger partial charge on any atom is -0.368 e. The topological polar surface area (TPSA) is 72.1 Å². The van der Waals surface area contributed by atoms with Gasteiger partial charge in [-0.05, 0) is 28.8 Å². The molecule has 0 unspecified atom stereocenters. The Labute approximate surface area is 109 Å². The van der Waals surface area contributed by atoms with Crippen molar-refractivity contribution in [3.8, 4) is 0 Å². The highest BCUT2D eigenvalue weighted by molar-refractivity contribution is 9.10. The summed E-state index contributed by atoms with van der Waals surface area (Å²) < 4.78 is 0.799. The SMILES string of the molecule is NC(=O)CN(c1ncncc1Br)C1CCCC1. The van der Waals surface area contributed by atoms with Crippen molar-refractivity contribution in [2.45, 2.75) is 31.7 Å². The zero-order chi connectivity index (χ0) is 12.3. The van der Waals surface area contributed by atoms with Gasteiger partial charge in [0.25, 0.3) is 0 Å². The Hall–Kier alpha value is -1.17. The molecule has 1 aromatic rings. The van der Waals surface area contributed by atoms with Gasteiger partial charge in [0.15, 0.2) is 0 Å². The number of carbonyl (C=O) groups excluding carboxylic acids is 1. The molecule has 1 aliphatic carbocycles. The van der Waals surface area contributed by atoms with E-state index in [9.17, 15) is 4.79 Å². The van der Waals surface area contributed by atoms with Crippen LogP contribution in [0.5, 0.6) is 0 Å². The molecule has 92 valence electrons. The maximum absolute atomic E-state index is 11.2. The van der Waals surface area contributed by atoms with Gasteiger partial charge in [-0.25, -0.2) is 9.97 Å². The van der Waals surface area contributed by atoms with Crippen molar-refractivity contribution in [1.29, 1.82) is 0 Å². The monoisotopic (exact) mass is 298 g/mol. The van der Waals surface area contributed by atoms with Crippen LogP contribution in [-0.4, -0.2) is 28.5 Å². The molecule has 6 heteroatoms. The summed E-state index contributed by atoms with van der Waals surface area (Å²) in [5.74, 6) is 0.424. The van der Waals surface area contributed by atoms with Crippen LogP contribution in [0.15, 0.2) is 17.0 Å². The Balaban J connectivity index is 2.25.